The van der Waals surface area contributed by atoms with Gasteiger partial charge in [0.25, 0.3) is 0 Å². The molecule has 0 aliphatic rings. The third-order valence-corrected chi connectivity index (χ3v) is 3.09. The number of rotatable bonds is 10. The fourth-order valence-corrected chi connectivity index (χ4v) is 2.06. The van der Waals surface area contributed by atoms with Crippen molar-refractivity contribution < 1.29 is 4.74 Å². The maximum Gasteiger partial charge on any atom is 0.0615 e. The third-order valence-electron chi connectivity index (χ3n) is 2.11. The monoisotopic (exact) mass is 219 g/mol. The predicted octanol–water partition coefficient (Wildman–Crippen LogP) is 2.53. The Morgan fingerprint density at radius 1 is 1.36 bits per heavy atom. The molecular formula is C11H25NOS. The predicted molar refractivity (Wildman–Crippen MR) is 66.2 cm³/mol. The van der Waals surface area contributed by atoms with E-state index in [2.05, 4.69) is 19.2 Å². The van der Waals surface area contributed by atoms with Crippen molar-refractivity contribution in [3.63, 3.8) is 0 Å². The van der Waals surface area contributed by atoms with Crippen LogP contribution in [0.4, 0.5) is 0 Å². The maximum absolute atomic E-state index is 5.17. The zero-order chi connectivity index (χ0) is 10.6. The Kier molecular flexibility index (Phi) is 11.6. The number of hydrogen-bond donors (Lipinski definition) is 1. The minimum absolute atomic E-state index is 0.552. The molecule has 1 atom stereocenters. The van der Waals surface area contributed by atoms with Crippen LogP contribution in [0, 0.1) is 0 Å². The van der Waals surface area contributed by atoms with E-state index in [0.29, 0.717) is 6.04 Å². The first kappa shape index (κ1) is 14.3. The first-order valence-corrected chi connectivity index (χ1v) is 6.80. The summed E-state index contributed by atoms with van der Waals surface area (Å²) in [6.07, 6.45) is 3.71. The van der Waals surface area contributed by atoms with Crippen molar-refractivity contribution in [2.75, 3.05) is 31.8 Å². The number of ether oxygens (including phenoxy) is 1. The Balaban J connectivity index is 3.30. The van der Waals surface area contributed by atoms with Gasteiger partial charge in [-0.3, -0.25) is 0 Å². The number of nitrogens with one attached hydrogen (secondary N) is 1. The normalized spacial score (nSPS) is 13.1. The van der Waals surface area contributed by atoms with Crippen molar-refractivity contribution in [3.8, 4) is 0 Å². The standard InChI is InChI=1S/C11H25NOS/c1-4-7-11(10-13-3)12-8-6-9-14-5-2/h11-12H,4-10H2,1-3H3. The first-order valence-electron chi connectivity index (χ1n) is 5.65. The highest BCUT2D eigenvalue weighted by atomic mass is 32.2. The molecule has 0 radical (unpaired) electrons. The molecule has 86 valence electrons. The molecule has 0 rings (SSSR count). The van der Waals surface area contributed by atoms with E-state index >= 15 is 0 Å². The molecule has 0 saturated heterocycles. The van der Waals surface area contributed by atoms with Gasteiger partial charge in [0, 0.05) is 13.2 Å². The summed E-state index contributed by atoms with van der Waals surface area (Å²) in [7, 11) is 1.78. The van der Waals surface area contributed by atoms with E-state index in [4.69, 9.17) is 4.74 Å². The minimum atomic E-state index is 0.552. The lowest BCUT2D eigenvalue weighted by Crippen LogP contribution is -2.33. The zero-order valence-corrected chi connectivity index (χ0v) is 10.7. The summed E-state index contributed by atoms with van der Waals surface area (Å²) in [4.78, 5) is 0. The summed E-state index contributed by atoms with van der Waals surface area (Å²) < 4.78 is 5.17. The molecule has 0 amide bonds. The fraction of sp³-hybridized carbons (Fsp3) is 1.00. The Hall–Kier alpha value is 0.270. The van der Waals surface area contributed by atoms with Gasteiger partial charge in [0.1, 0.15) is 0 Å². The average molecular weight is 219 g/mol. The third kappa shape index (κ3) is 8.85. The first-order chi connectivity index (χ1) is 6.85. The summed E-state index contributed by atoms with van der Waals surface area (Å²) in [5.41, 5.74) is 0. The summed E-state index contributed by atoms with van der Waals surface area (Å²) >= 11 is 2.02. The number of methoxy groups -OCH3 is 1. The van der Waals surface area contributed by atoms with Gasteiger partial charge in [-0.1, -0.05) is 20.3 Å². The Labute approximate surface area is 93.2 Å². The maximum atomic E-state index is 5.17. The molecule has 0 aromatic heterocycles. The molecule has 0 bridgehead atoms. The molecule has 14 heavy (non-hydrogen) atoms. The largest absolute Gasteiger partial charge is 0.383 e. The van der Waals surface area contributed by atoms with Gasteiger partial charge >= 0.3 is 0 Å². The van der Waals surface area contributed by atoms with Gasteiger partial charge in [0.05, 0.1) is 6.61 Å². The van der Waals surface area contributed by atoms with Crippen LogP contribution in [0.1, 0.15) is 33.1 Å². The molecular weight excluding hydrogens is 194 g/mol. The summed E-state index contributed by atoms with van der Waals surface area (Å²) in [5.74, 6) is 2.51. The van der Waals surface area contributed by atoms with Crippen LogP contribution in [0.5, 0.6) is 0 Å². The number of thioether (sulfide) groups is 1. The lowest BCUT2D eigenvalue weighted by atomic mass is 10.2. The summed E-state index contributed by atoms with van der Waals surface area (Å²) in [5, 5.41) is 3.54. The smallest absolute Gasteiger partial charge is 0.0615 e. The Morgan fingerprint density at radius 2 is 2.14 bits per heavy atom. The van der Waals surface area contributed by atoms with E-state index in [1.807, 2.05) is 11.8 Å². The Bertz CT molecular complexity index is 105. The highest BCUT2D eigenvalue weighted by molar-refractivity contribution is 7.99. The van der Waals surface area contributed by atoms with Gasteiger partial charge in [-0.15, -0.1) is 0 Å². The highest BCUT2D eigenvalue weighted by Crippen LogP contribution is 2.01. The van der Waals surface area contributed by atoms with Crippen LogP contribution in [-0.4, -0.2) is 37.8 Å². The lowest BCUT2D eigenvalue weighted by Gasteiger charge is -2.16. The summed E-state index contributed by atoms with van der Waals surface area (Å²) in [6.45, 7) is 6.40. The molecule has 1 N–H and O–H groups in total. The number of hydrogen-bond acceptors (Lipinski definition) is 3. The van der Waals surface area contributed by atoms with Crippen molar-refractivity contribution in [2.45, 2.75) is 39.2 Å². The van der Waals surface area contributed by atoms with Gasteiger partial charge in [0.2, 0.25) is 0 Å². The second-order valence-electron chi connectivity index (χ2n) is 3.45. The van der Waals surface area contributed by atoms with Gasteiger partial charge in [-0.2, -0.15) is 11.8 Å². The van der Waals surface area contributed by atoms with Gasteiger partial charge in [0.15, 0.2) is 0 Å². The molecule has 0 aliphatic carbocycles. The van der Waals surface area contributed by atoms with Crippen molar-refractivity contribution in [3.05, 3.63) is 0 Å². The molecule has 2 nitrogen and oxygen atoms in total. The molecule has 0 fully saturated rings. The van der Waals surface area contributed by atoms with E-state index in [-0.39, 0.29) is 0 Å². The zero-order valence-electron chi connectivity index (χ0n) is 9.84. The lowest BCUT2D eigenvalue weighted by molar-refractivity contribution is 0.162. The summed E-state index contributed by atoms with van der Waals surface area (Å²) in [6, 6.07) is 0.552. The quantitative estimate of drug-likeness (QED) is 0.571. The SMILES string of the molecule is CCCC(COC)NCCCSCC. The van der Waals surface area contributed by atoms with E-state index < -0.39 is 0 Å². The molecule has 0 aromatic rings. The van der Waals surface area contributed by atoms with Gasteiger partial charge < -0.3 is 10.1 Å². The minimum Gasteiger partial charge on any atom is -0.383 e. The van der Waals surface area contributed by atoms with E-state index in [1.165, 1.54) is 30.8 Å². The molecule has 3 heteroatoms. The molecule has 0 aromatic carbocycles. The van der Waals surface area contributed by atoms with Crippen molar-refractivity contribution in [2.24, 2.45) is 0 Å². The van der Waals surface area contributed by atoms with Crippen LogP contribution in [0.25, 0.3) is 0 Å². The van der Waals surface area contributed by atoms with E-state index in [9.17, 15) is 0 Å². The van der Waals surface area contributed by atoms with E-state index in [1.54, 1.807) is 7.11 Å². The van der Waals surface area contributed by atoms with Crippen LogP contribution >= 0.6 is 11.8 Å². The topological polar surface area (TPSA) is 21.3 Å². The van der Waals surface area contributed by atoms with Crippen molar-refractivity contribution >= 4 is 11.8 Å². The van der Waals surface area contributed by atoms with Crippen molar-refractivity contribution in [1.29, 1.82) is 0 Å². The molecule has 0 aliphatic heterocycles. The van der Waals surface area contributed by atoms with Crippen LogP contribution < -0.4 is 5.32 Å². The van der Waals surface area contributed by atoms with Gasteiger partial charge in [-0.25, -0.2) is 0 Å². The van der Waals surface area contributed by atoms with Crippen LogP contribution in [0.15, 0.2) is 0 Å². The van der Waals surface area contributed by atoms with Crippen LogP contribution in [-0.2, 0) is 4.74 Å². The molecule has 1 unspecified atom stereocenters. The van der Waals surface area contributed by atoms with E-state index in [0.717, 1.165) is 13.2 Å². The molecule has 0 saturated carbocycles. The second kappa shape index (κ2) is 11.3. The second-order valence-corrected chi connectivity index (χ2v) is 4.84. The molecule has 0 spiro atoms. The van der Waals surface area contributed by atoms with Crippen LogP contribution in [0.2, 0.25) is 0 Å². The van der Waals surface area contributed by atoms with Crippen LogP contribution in [0.3, 0.4) is 0 Å². The fourth-order valence-electron chi connectivity index (χ4n) is 1.42. The average Bonchev–Trinajstić information content (AvgIpc) is 2.18. The molecule has 0 heterocycles. The van der Waals surface area contributed by atoms with Gasteiger partial charge in [-0.05, 0) is 30.9 Å². The van der Waals surface area contributed by atoms with Crippen molar-refractivity contribution in [1.82, 2.24) is 5.32 Å². The highest BCUT2D eigenvalue weighted by Gasteiger charge is 2.04. The Morgan fingerprint density at radius 3 is 2.71 bits per heavy atom.